The smallest absolute Gasteiger partial charge is 0.207 e. The maximum atomic E-state index is 11.0. The van der Waals surface area contributed by atoms with Crippen LogP contribution in [0.2, 0.25) is 0 Å². The maximum absolute atomic E-state index is 11.0. The van der Waals surface area contributed by atoms with E-state index in [1.807, 2.05) is 6.08 Å². The molecule has 0 unspecified atom stereocenters. The Bertz CT molecular complexity index is 432. The number of allylic oxidation sites excluding steroid dienone is 1. The second-order valence-electron chi connectivity index (χ2n) is 3.20. The third kappa shape index (κ3) is 4.06. The van der Waals surface area contributed by atoms with E-state index in [9.17, 15) is 8.42 Å². The predicted octanol–water partition coefficient (Wildman–Crippen LogP) is 3.43. The SMILES string of the molecule is CCCC=Cc1ccc(S(=O)(=O)Cl)cc1. The summed E-state index contributed by atoms with van der Waals surface area (Å²) >= 11 is 0. The molecule has 0 N–H and O–H groups in total. The van der Waals surface area contributed by atoms with Crippen molar-refractivity contribution < 1.29 is 8.42 Å². The summed E-state index contributed by atoms with van der Waals surface area (Å²) in [7, 11) is 1.60. The van der Waals surface area contributed by atoms with E-state index < -0.39 is 9.05 Å². The minimum absolute atomic E-state index is 0.136. The van der Waals surface area contributed by atoms with E-state index in [1.165, 1.54) is 12.1 Å². The van der Waals surface area contributed by atoms with Crippen molar-refractivity contribution in [2.75, 3.05) is 0 Å². The number of halogens is 1. The van der Waals surface area contributed by atoms with Gasteiger partial charge in [0, 0.05) is 10.7 Å². The van der Waals surface area contributed by atoms with Gasteiger partial charge in [0.05, 0.1) is 4.90 Å². The van der Waals surface area contributed by atoms with Crippen molar-refractivity contribution >= 4 is 25.8 Å². The van der Waals surface area contributed by atoms with E-state index in [1.54, 1.807) is 12.1 Å². The number of hydrogen-bond donors (Lipinski definition) is 0. The molecule has 2 nitrogen and oxygen atoms in total. The molecule has 0 saturated heterocycles. The molecule has 0 spiro atoms. The highest BCUT2D eigenvalue weighted by Crippen LogP contribution is 2.15. The highest BCUT2D eigenvalue weighted by atomic mass is 35.7. The maximum Gasteiger partial charge on any atom is 0.261 e. The highest BCUT2D eigenvalue weighted by Gasteiger charge is 2.07. The number of hydrogen-bond acceptors (Lipinski definition) is 2. The average molecular weight is 245 g/mol. The van der Waals surface area contributed by atoms with Crippen LogP contribution in [-0.4, -0.2) is 8.42 Å². The van der Waals surface area contributed by atoms with Gasteiger partial charge in [0.1, 0.15) is 0 Å². The standard InChI is InChI=1S/C11H13ClO2S/c1-2-3-4-5-10-6-8-11(9-7-10)15(12,13)14/h4-9H,2-3H2,1H3. The summed E-state index contributed by atoms with van der Waals surface area (Å²) in [4.78, 5) is 0.136. The molecule has 15 heavy (non-hydrogen) atoms. The highest BCUT2D eigenvalue weighted by molar-refractivity contribution is 8.13. The first-order valence-corrected chi connectivity index (χ1v) is 7.06. The van der Waals surface area contributed by atoms with Gasteiger partial charge in [-0.15, -0.1) is 0 Å². The van der Waals surface area contributed by atoms with E-state index in [4.69, 9.17) is 10.7 Å². The number of benzene rings is 1. The first-order chi connectivity index (χ1) is 7.04. The van der Waals surface area contributed by atoms with Crippen LogP contribution in [0.3, 0.4) is 0 Å². The molecule has 0 aliphatic heterocycles. The van der Waals surface area contributed by atoms with E-state index in [-0.39, 0.29) is 4.90 Å². The third-order valence-electron chi connectivity index (χ3n) is 1.93. The molecule has 1 aromatic carbocycles. The van der Waals surface area contributed by atoms with E-state index in [0.717, 1.165) is 18.4 Å². The molecule has 0 fully saturated rings. The Morgan fingerprint density at radius 3 is 2.33 bits per heavy atom. The Morgan fingerprint density at radius 1 is 1.27 bits per heavy atom. The summed E-state index contributed by atoms with van der Waals surface area (Å²) in [6.07, 6.45) is 6.15. The van der Waals surface area contributed by atoms with E-state index in [2.05, 4.69) is 13.0 Å². The van der Waals surface area contributed by atoms with Gasteiger partial charge in [0.25, 0.3) is 9.05 Å². The molecule has 4 heteroatoms. The van der Waals surface area contributed by atoms with Gasteiger partial charge in [-0.1, -0.05) is 37.6 Å². The Balaban J connectivity index is 2.82. The quantitative estimate of drug-likeness (QED) is 0.761. The fourth-order valence-corrected chi connectivity index (χ4v) is 1.90. The van der Waals surface area contributed by atoms with Gasteiger partial charge in [-0.05, 0) is 24.1 Å². The summed E-state index contributed by atoms with van der Waals surface area (Å²) in [5.41, 5.74) is 0.979. The molecule has 0 amide bonds. The summed E-state index contributed by atoms with van der Waals surface area (Å²) in [5.74, 6) is 0. The topological polar surface area (TPSA) is 34.1 Å². The van der Waals surface area contributed by atoms with Crippen molar-refractivity contribution in [3.63, 3.8) is 0 Å². The number of rotatable bonds is 4. The lowest BCUT2D eigenvalue weighted by atomic mass is 10.2. The van der Waals surface area contributed by atoms with Crippen LogP contribution in [0.25, 0.3) is 6.08 Å². The molecular weight excluding hydrogens is 232 g/mol. The zero-order valence-corrected chi connectivity index (χ0v) is 10.1. The molecule has 0 bridgehead atoms. The minimum atomic E-state index is -3.60. The average Bonchev–Trinajstić information content (AvgIpc) is 2.18. The monoisotopic (exact) mass is 244 g/mol. The van der Waals surface area contributed by atoms with Crippen molar-refractivity contribution in [1.82, 2.24) is 0 Å². The molecule has 0 aromatic heterocycles. The zero-order valence-electron chi connectivity index (χ0n) is 8.48. The number of unbranched alkanes of at least 4 members (excludes halogenated alkanes) is 1. The van der Waals surface area contributed by atoms with Crippen molar-refractivity contribution in [3.05, 3.63) is 35.9 Å². The van der Waals surface area contributed by atoms with Gasteiger partial charge in [0.2, 0.25) is 0 Å². The summed E-state index contributed by atoms with van der Waals surface area (Å²) in [5, 5.41) is 0. The minimum Gasteiger partial charge on any atom is -0.207 e. The van der Waals surface area contributed by atoms with Crippen LogP contribution < -0.4 is 0 Å². The lowest BCUT2D eigenvalue weighted by Crippen LogP contribution is -1.89. The van der Waals surface area contributed by atoms with Crippen LogP contribution in [0.5, 0.6) is 0 Å². The summed E-state index contributed by atoms with van der Waals surface area (Å²) in [6, 6.07) is 6.49. The second-order valence-corrected chi connectivity index (χ2v) is 5.76. The summed E-state index contributed by atoms with van der Waals surface area (Å²) < 4.78 is 21.9. The van der Waals surface area contributed by atoms with Crippen LogP contribution in [0.4, 0.5) is 0 Å². The van der Waals surface area contributed by atoms with Gasteiger partial charge in [-0.25, -0.2) is 8.42 Å². The summed E-state index contributed by atoms with van der Waals surface area (Å²) in [6.45, 7) is 2.10. The normalized spacial score (nSPS) is 12.1. The van der Waals surface area contributed by atoms with Crippen molar-refractivity contribution in [2.24, 2.45) is 0 Å². The van der Waals surface area contributed by atoms with Crippen molar-refractivity contribution in [3.8, 4) is 0 Å². The fourth-order valence-electron chi connectivity index (χ4n) is 1.13. The van der Waals surface area contributed by atoms with Gasteiger partial charge >= 0.3 is 0 Å². The molecule has 0 radical (unpaired) electrons. The lowest BCUT2D eigenvalue weighted by molar-refractivity contribution is 0.609. The third-order valence-corrected chi connectivity index (χ3v) is 3.30. The van der Waals surface area contributed by atoms with Crippen LogP contribution >= 0.6 is 10.7 Å². The lowest BCUT2D eigenvalue weighted by Gasteiger charge is -1.96. The van der Waals surface area contributed by atoms with Gasteiger partial charge in [-0.3, -0.25) is 0 Å². The van der Waals surface area contributed by atoms with Crippen molar-refractivity contribution in [2.45, 2.75) is 24.7 Å². The van der Waals surface area contributed by atoms with Gasteiger partial charge < -0.3 is 0 Å². The molecule has 1 aromatic rings. The first-order valence-electron chi connectivity index (χ1n) is 4.75. The molecule has 1 rings (SSSR count). The predicted molar refractivity (Wildman–Crippen MR) is 63.4 cm³/mol. The Morgan fingerprint density at radius 2 is 1.87 bits per heavy atom. The van der Waals surface area contributed by atoms with Crippen LogP contribution in [0.1, 0.15) is 25.3 Å². The fraction of sp³-hybridized carbons (Fsp3) is 0.273. The Labute approximate surface area is 95.0 Å². The van der Waals surface area contributed by atoms with E-state index in [0.29, 0.717) is 0 Å². The molecule has 0 atom stereocenters. The molecular formula is C11H13ClO2S. The van der Waals surface area contributed by atoms with Gasteiger partial charge in [0.15, 0.2) is 0 Å². The zero-order chi connectivity index (χ0) is 11.3. The van der Waals surface area contributed by atoms with Crippen LogP contribution in [0.15, 0.2) is 35.2 Å². The largest absolute Gasteiger partial charge is 0.261 e. The molecule has 0 aliphatic carbocycles. The molecule has 0 heterocycles. The Kier molecular flexibility index (Phi) is 4.36. The molecule has 0 saturated carbocycles. The van der Waals surface area contributed by atoms with Gasteiger partial charge in [-0.2, -0.15) is 0 Å². The first kappa shape index (κ1) is 12.3. The van der Waals surface area contributed by atoms with E-state index >= 15 is 0 Å². The van der Waals surface area contributed by atoms with Crippen molar-refractivity contribution in [1.29, 1.82) is 0 Å². The molecule has 82 valence electrons. The Hall–Kier alpha value is -0.800. The van der Waals surface area contributed by atoms with Crippen LogP contribution in [0, 0.1) is 0 Å². The second kappa shape index (κ2) is 5.33. The van der Waals surface area contributed by atoms with Crippen LogP contribution in [-0.2, 0) is 9.05 Å². The molecule has 0 aliphatic rings.